The Bertz CT molecular complexity index is 1250. The van der Waals surface area contributed by atoms with E-state index in [1.165, 1.54) is 34.2 Å². The number of hydrogen-bond donors (Lipinski definition) is 4. The van der Waals surface area contributed by atoms with Crippen LogP contribution in [0.2, 0.25) is 0 Å². The van der Waals surface area contributed by atoms with Crippen molar-refractivity contribution in [1.29, 1.82) is 0 Å². The van der Waals surface area contributed by atoms with E-state index >= 15 is 0 Å². The third-order valence-electron chi connectivity index (χ3n) is 7.38. The molecule has 200 valence electrons. The highest BCUT2D eigenvalue weighted by Crippen LogP contribution is 2.41. The molecule has 0 spiro atoms. The number of alkyl halides is 3. The number of aliphatic hydroxyl groups excluding tert-OH is 1. The van der Waals surface area contributed by atoms with Crippen LogP contribution in [0, 0.1) is 0 Å². The molecule has 5 rings (SSSR count). The van der Waals surface area contributed by atoms with Crippen LogP contribution in [0.15, 0.2) is 29.9 Å². The second-order valence-electron chi connectivity index (χ2n) is 9.89. The van der Waals surface area contributed by atoms with Crippen molar-refractivity contribution in [3.63, 3.8) is 0 Å². The van der Waals surface area contributed by atoms with Crippen molar-refractivity contribution >= 4 is 34.0 Å². The lowest BCUT2D eigenvalue weighted by molar-refractivity contribution is -0.206. The molecule has 37 heavy (non-hydrogen) atoms. The molecule has 2 aromatic heterocycles. The van der Waals surface area contributed by atoms with Crippen LogP contribution in [0.1, 0.15) is 42.2 Å². The van der Waals surface area contributed by atoms with Crippen LogP contribution in [0.25, 0.3) is 10.9 Å². The van der Waals surface area contributed by atoms with Gasteiger partial charge in [0.2, 0.25) is 5.91 Å². The zero-order chi connectivity index (χ0) is 26.4. The third kappa shape index (κ3) is 5.31. The fraction of sp³-hybridized carbons (Fsp3) is 0.542. The number of thiazole rings is 1. The Morgan fingerprint density at radius 3 is 2.68 bits per heavy atom. The molecule has 1 atom stereocenters. The molecular weight excluding hydrogens is 509 g/mol. The summed E-state index contributed by atoms with van der Waals surface area (Å²) < 4.78 is 40.3. The number of rotatable bonds is 7. The highest BCUT2D eigenvalue weighted by Gasteiger charge is 2.41. The maximum atomic E-state index is 12.9. The van der Waals surface area contributed by atoms with Crippen LogP contribution in [-0.2, 0) is 17.4 Å². The van der Waals surface area contributed by atoms with Crippen LogP contribution in [0.3, 0.4) is 0 Å². The number of nitrogens with zero attached hydrogens (tertiary/aromatic N) is 4. The maximum Gasteiger partial charge on any atom is 0.418 e. The van der Waals surface area contributed by atoms with Gasteiger partial charge in [0.1, 0.15) is 5.60 Å². The number of nitrogens with one attached hydrogen (secondary N) is 2. The lowest BCUT2D eigenvalue weighted by Crippen LogP contribution is -2.63. The van der Waals surface area contributed by atoms with Crippen LogP contribution < -0.4 is 10.6 Å². The number of carbonyl (C=O) groups is 1. The molecule has 4 N–H and O–H groups in total. The van der Waals surface area contributed by atoms with Gasteiger partial charge in [-0.15, -0.1) is 11.3 Å². The summed E-state index contributed by atoms with van der Waals surface area (Å²) in [5.41, 5.74) is 1.24. The summed E-state index contributed by atoms with van der Waals surface area (Å²) in [5.74, 6) is 0.0351. The monoisotopic (exact) mass is 538 g/mol. The molecule has 2 aliphatic rings. The Kier molecular flexibility index (Phi) is 6.90. The van der Waals surface area contributed by atoms with Crippen molar-refractivity contribution < 1.29 is 28.2 Å². The Morgan fingerprint density at radius 1 is 1.30 bits per heavy atom. The molecule has 1 unspecified atom stereocenters. The number of hydrogen-bond acceptors (Lipinski definition) is 8. The smallest absolute Gasteiger partial charge is 0.384 e. The summed E-state index contributed by atoms with van der Waals surface area (Å²) in [5, 5.41) is 31.1. The molecule has 3 aromatic rings. The third-order valence-corrected chi connectivity index (χ3v) is 8.35. The van der Waals surface area contributed by atoms with Crippen molar-refractivity contribution in [3.8, 4) is 0 Å². The number of aromatic nitrogens is 3. The topological polar surface area (TPSA) is 116 Å². The van der Waals surface area contributed by atoms with Gasteiger partial charge in [-0.1, -0.05) is 6.07 Å². The Hall–Kier alpha value is -2.74. The van der Waals surface area contributed by atoms with Crippen molar-refractivity contribution in [2.45, 2.75) is 55.6 Å². The largest absolute Gasteiger partial charge is 0.418 e. The van der Waals surface area contributed by atoms with Gasteiger partial charge >= 0.3 is 6.18 Å². The first-order valence-electron chi connectivity index (χ1n) is 12.1. The number of fused-ring (bicyclic) bond motifs is 1. The van der Waals surface area contributed by atoms with Crippen molar-refractivity contribution in [3.05, 3.63) is 40.3 Å². The fourth-order valence-corrected chi connectivity index (χ4v) is 6.04. The number of benzene rings is 1. The van der Waals surface area contributed by atoms with Gasteiger partial charge < -0.3 is 20.8 Å². The first-order chi connectivity index (χ1) is 17.5. The number of aryl methyl sites for hydroxylation is 1. The summed E-state index contributed by atoms with van der Waals surface area (Å²) in [6, 6.07) is 4.31. The minimum atomic E-state index is -4.78. The first kappa shape index (κ1) is 25.9. The molecule has 0 bridgehead atoms. The van der Waals surface area contributed by atoms with E-state index < -0.39 is 17.9 Å². The SMILES string of the molecule is Cn1nc(NCC(=O)NC2CN(C3CCC(O)(c4cncs4)CC3)C2)c2cc(C(O)C(F)(F)F)ccc21. The van der Waals surface area contributed by atoms with Gasteiger partial charge in [-0.3, -0.25) is 19.4 Å². The molecule has 13 heteroatoms. The number of aliphatic hydroxyl groups is 2. The Balaban J connectivity index is 1.11. The van der Waals surface area contributed by atoms with Crippen LogP contribution >= 0.6 is 11.3 Å². The second-order valence-corrected chi connectivity index (χ2v) is 10.8. The number of amides is 1. The molecule has 0 radical (unpaired) electrons. The summed E-state index contributed by atoms with van der Waals surface area (Å²) >= 11 is 1.48. The number of halogens is 3. The predicted molar refractivity (Wildman–Crippen MR) is 132 cm³/mol. The van der Waals surface area contributed by atoms with Crippen LogP contribution in [-0.4, -0.2) is 73.7 Å². The normalized spacial score (nSPS) is 24.1. The molecule has 1 aromatic carbocycles. The fourth-order valence-electron chi connectivity index (χ4n) is 5.25. The van der Waals surface area contributed by atoms with Gasteiger partial charge in [-0.25, -0.2) is 0 Å². The summed E-state index contributed by atoms with van der Waals surface area (Å²) in [7, 11) is 1.65. The van der Waals surface area contributed by atoms with E-state index in [4.69, 9.17) is 0 Å². The summed E-state index contributed by atoms with van der Waals surface area (Å²) in [6.45, 7) is 1.39. The Morgan fingerprint density at radius 2 is 2.03 bits per heavy atom. The van der Waals surface area contributed by atoms with Gasteiger partial charge in [0, 0.05) is 37.8 Å². The van der Waals surface area contributed by atoms with E-state index in [0.29, 0.717) is 29.8 Å². The van der Waals surface area contributed by atoms with Gasteiger partial charge in [0.25, 0.3) is 0 Å². The molecule has 1 aliphatic carbocycles. The maximum absolute atomic E-state index is 12.9. The zero-order valence-corrected chi connectivity index (χ0v) is 21.0. The molecule has 1 saturated carbocycles. The van der Waals surface area contributed by atoms with Gasteiger partial charge in [-0.2, -0.15) is 18.3 Å². The lowest BCUT2D eigenvalue weighted by Gasteiger charge is -2.48. The summed E-state index contributed by atoms with van der Waals surface area (Å²) in [4.78, 5) is 19.8. The molecule has 2 fully saturated rings. The Labute approximate surface area is 215 Å². The molecule has 1 amide bonds. The van der Waals surface area contributed by atoms with Crippen molar-refractivity contribution in [2.24, 2.45) is 7.05 Å². The highest BCUT2D eigenvalue weighted by atomic mass is 32.1. The van der Waals surface area contributed by atoms with E-state index in [1.54, 1.807) is 18.8 Å². The molecule has 1 saturated heterocycles. The van der Waals surface area contributed by atoms with E-state index in [1.807, 2.05) is 0 Å². The quantitative estimate of drug-likeness (QED) is 0.366. The highest BCUT2D eigenvalue weighted by molar-refractivity contribution is 7.09. The second kappa shape index (κ2) is 9.86. The average molecular weight is 539 g/mol. The molecule has 1 aliphatic heterocycles. The summed E-state index contributed by atoms with van der Waals surface area (Å²) in [6.07, 6.45) is -2.48. The van der Waals surface area contributed by atoms with E-state index in [0.717, 1.165) is 30.8 Å². The average Bonchev–Trinajstić information content (AvgIpc) is 3.48. The van der Waals surface area contributed by atoms with E-state index in [9.17, 15) is 28.2 Å². The molecule has 9 nitrogen and oxygen atoms in total. The van der Waals surface area contributed by atoms with Crippen molar-refractivity contribution in [2.75, 3.05) is 25.0 Å². The van der Waals surface area contributed by atoms with Gasteiger partial charge in [0.05, 0.1) is 28.5 Å². The minimum Gasteiger partial charge on any atom is -0.384 e. The standard InChI is InChI=1S/C24H29F3N6O3S/c1-32-18-3-2-14(21(35)24(25,26)27)8-17(18)22(31-32)29-10-20(34)30-15-11-33(12-15)16-4-6-23(36,7-5-16)19-9-28-13-37-19/h2-3,8-9,13,15-16,21,35-36H,4-7,10-12H2,1H3,(H,29,31)(H,30,34). The van der Waals surface area contributed by atoms with Gasteiger partial charge in [-0.05, 0) is 43.4 Å². The van der Waals surface area contributed by atoms with Crippen molar-refractivity contribution in [1.82, 2.24) is 25.0 Å². The first-order valence-corrected chi connectivity index (χ1v) is 13.0. The number of anilines is 1. The number of likely N-dealkylation sites (tertiary alicyclic amines) is 1. The molecule has 3 heterocycles. The van der Waals surface area contributed by atoms with Crippen LogP contribution in [0.4, 0.5) is 19.0 Å². The van der Waals surface area contributed by atoms with E-state index in [-0.39, 0.29) is 29.9 Å². The lowest BCUT2D eigenvalue weighted by atomic mass is 9.80. The molecular formula is C24H29F3N6O3S. The van der Waals surface area contributed by atoms with E-state index in [2.05, 4.69) is 25.6 Å². The number of carbonyl (C=O) groups excluding carboxylic acids is 1. The minimum absolute atomic E-state index is 0.0191. The van der Waals surface area contributed by atoms with Gasteiger partial charge in [0.15, 0.2) is 11.9 Å². The zero-order valence-electron chi connectivity index (χ0n) is 20.2. The van der Waals surface area contributed by atoms with Crippen LogP contribution in [0.5, 0.6) is 0 Å². The predicted octanol–water partition coefficient (Wildman–Crippen LogP) is 2.67.